The van der Waals surface area contributed by atoms with Gasteiger partial charge in [0.05, 0.1) is 46.7 Å². The topological polar surface area (TPSA) is 114 Å². The minimum Gasteiger partial charge on any atom is -0.493 e. The van der Waals surface area contributed by atoms with E-state index in [9.17, 15) is 9.59 Å². The largest absolute Gasteiger partial charge is 0.493 e. The van der Waals surface area contributed by atoms with E-state index in [1.807, 2.05) is 62.4 Å². The summed E-state index contributed by atoms with van der Waals surface area (Å²) in [7, 11) is 10.0. The molecule has 12 heteroatoms. The van der Waals surface area contributed by atoms with Gasteiger partial charge in [0.2, 0.25) is 5.75 Å². The van der Waals surface area contributed by atoms with E-state index < -0.39 is 5.97 Å². The third-order valence-corrected chi connectivity index (χ3v) is 9.41. The summed E-state index contributed by atoms with van der Waals surface area (Å²) in [6.07, 6.45) is 1.61. The number of ether oxygens (including phenoxy) is 8. The number of carbonyl (C=O) groups excluding carboxylic acids is 2. The number of carbonyl (C=O) groups is 2. The first-order valence-electron chi connectivity index (χ1n) is 18.4. The quantitative estimate of drug-likeness (QED) is 0.103. The second kappa shape index (κ2) is 18.6. The van der Waals surface area contributed by atoms with Crippen molar-refractivity contribution in [3.05, 3.63) is 94.5 Å². The van der Waals surface area contributed by atoms with Crippen LogP contribution in [0, 0.1) is 0 Å². The molecule has 0 saturated carbocycles. The highest BCUT2D eigenvalue weighted by atomic mass is 16.6. The van der Waals surface area contributed by atoms with Crippen molar-refractivity contribution in [2.24, 2.45) is 0 Å². The Labute approximate surface area is 323 Å². The van der Waals surface area contributed by atoms with Crippen LogP contribution in [0.1, 0.15) is 59.4 Å². The van der Waals surface area contributed by atoms with E-state index in [1.165, 1.54) is 7.11 Å². The molecule has 0 bridgehead atoms. The molecule has 0 aliphatic carbocycles. The Hall–Kier alpha value is -5.62. The number of nitrogens with zero attached hydrogens (tertiary/aromatic N) is 2. The van der Waals surface area contributed by atoms with E-state index in [0.717, 1.165) is 35.2 Å². The summed E-state index contributed by atoms with van der Waals surface area (Å²) in [4.78, 5) is 28.2. The molecular formula is C43H52N2O10. The molecule has 0 spiro atoms. The molecule has 55 heavy (non-hydrogen) atoms. The van der Waals surface area contributed by atoms with E-state index in [-0.39, 0.29) is 18.2 Å². The molecule has 4 aromatic carbocycles. The highest BCUT2D eigenvalue weighted by Gasteiger charge is 2.33. The average molecular weight is 757 g/mol. The van der Waals surface area contributed by atoms with Gasteiger partial charge in [0, 0.05) is 31.7 Å². The maximum Gasteiger partial charge on any atom is 0.409 e. The first-order valence-corrected chi connectivity index (χ1v) is 18.4. The van der Waals surface area contributed by atoms with Gasteiger partial charge in [-0.15, -0.1) is 0 Å². The van der Waals surface area contributed by atoms with Crippen LogP contribution >= 0.6 is 0 Å². The Balaban J connectivity index is 1.44. The zero-order valence-electron chi connectivity index (χ0n) is 33.2. The van der Waals surface area contributed by atoms with Crippen LogP contribution in [-0.4, -0.2) is 90.2 Å². The number of rotatable bonds is 16. The van der Waals surface area contributed by atoms with E-state index in [4.69, 9.17) is 37.9 Å². The van der Waals surface area contributed by atoms with Crippen molar-refractivity contribution < 1.29 is 47.5 Å². The number of likely N-dealkylation sites (N-methyl/N-ethyl adjacent to an activating group) is 2. The summed E-state index contributed by atoms with van der Waals surface area (Å²) in [5, 5.41) is 0. The van der Waals surface area contributed by atoms with Gasteiger partial charge in [0.1, 0.15) is 5.75 Å². The molecule has 0 saturated heterocycles. The molecule has 0 unspecified atom stereocenters. The Morgan fingerprint density at radius 2 is 1.51 bits per heavy atom. The minimum absolute atomic E-state index is 0.0724. The second-order valence-corrected chi connectivity index (χ2v) is 13.5. The van der Waals surface area contributed by atoms with Gasteiger partial charge < -0.3 is 42.8 Å². The fraction of sp³-hybridized carbons (Fsp3) is 0.395. The zero-order valence-corrected chi connectivity index (χ0v) is 33.2. The van der Waals surface area contributed by atoms with Gasteiger partial charge in [0.15, 0.2) is 34.5 Å². The Morgan fingerprint density at radius 1 is 0.800 bits per heavy atom. The van der Waals surface area contributed by atoms with Crippen molar-refractivity contribution in [2.45, 2.75) is 52.2 Å². The van der Waals surface area contributed by atoms with Gasteiger partial charge >= 0.3 is 12.1 Å². The molecule has 294 valence electrons. The van der Waals surface area contributed by atoms with E-state index in [2.05, 4.69) is 11.9 Å². The number of esters is 1. The molecule has 1 aliphatic heterocycles. The molecule has 5 rings (SSSR count). The number of benzene rings is 4. The highest BCUT2D eigenvalue weighted by molar-refractivity contribution is 5.90. The van der Waals surface area contributed by atoms with Gasteiger partial charge in [-0.2, -0.15) is 0 Å². The Kier molecular flexibility index (Phi) is 13.7. The van der Waals surface area contributed by atoms with Crippen molar-refractivity contribution in [1.29, 1.82) is 0 Å². The van der Waals surface area contributed by atoms with Gasteiger partial charge in [-0.1, -0.05) is 18.2 Å². The lowest BCUT2D eigenvalue weighted by atomic mass is 9.87. The molecule has 0 aromatic heterocycles. The summed E-state index contributed by atoms with van der Waals surface area (Å²) in [5.74, 6) is 3.76. The summed E-state index contributed by atoms with van der Waals surface area (Å²) >= 11 is 0. The van der Waals surface area contributed by atoms with Crippen LogP contribution in [0.3, 0.4) is 0 Å². The number of hydrogen-bond acceptors (Lipinski definition) is 11. The minimum atomic E-state index is -0.461. The number of fused-ring (bicyclic) bond motifs is 1. The first-order chi connectivity index (χ1) is 26.5. The van der Waals surface area contributed by atoms with Crippen LogP contribution in [0.25, 0.3) is 0 Å². The highest BCUT2D eigenvalue weighted by Crippen LogP contribution is 2.51. The standard InChI is InChI=1S/C43H52N2O10/c1-10-52-43(47)45(5)21-19-29-13-17-34(36(24-29)48-6)55-41-39-30(25-38(49-7)40(41)50-8)20-22-44(4)33(39)23-28-11-15-32(16-12-28)54-37-26-31(42(46)51-9)14-18-35(37)53-27(2)3/h11-18,24-27,33H,10,19-23H2,1-9H3/t33-/m0/s1. The van der Waals surface area contributed by atoms with Crippen LogP contribution in [0.5, 0.6) is 46.0 Å². The van der Waals surface area contributed by atoms with Gasteiger partial charge in [-0.3, -0.25) is 4.90 Å². The molecule has 1 aliphatic rings. The van der Waals surface area contributed by atoms with E-state index in [0.29, 0.717) is 77.6 Å². The smallest absolute Gasteiger partial charge is 0.409 e. The number of methoxy groups -OCH3 is 4. The number of amides is 1. The van der Waals surface area contributed by atoms with E-state index in [1.54, 1.807) is 58.4 Å². The van der Waals surface area contributed by atoms with Crippen molar-refractivity contribution in [3.63, 3.8) is 0 Å². The zero-order chi connectivity index (χ0) is 39.6. The normalized spacial score (nSPS) is 13.7. The predicted molar refractivity (Wildman–Crippen MR) is 209 cm³/mol. The van der Waals surface area contributed by atoms with Crippen LogP contribution in [-0.2, 0) is 28.7 Å². The molecule has 1 atom stereocenters. The molecule has 1 heterocycles. The van der Waals surface area contributed by atoms with Crippen LogP contribution in [0.4, 0.5) is 4.79 Å². The lowest BCUT2D eigenvalue weighted by Crippen LogP contribution is -2.34. The summed E-state index contributed by atoms with van der Waals surface area (Å²) in [6, 6.07) is 20.6. The third-order valence-electron chi connectivity index (χ3n) is 9.41. The van der Waals surface area contributed by atoms with Crippen molar-refractivity contribution in [3.8, 4) is 46.0 Å². The lowest BCUT2D eigenvalue weighted by molar-refractivity contribution is 0.0600. The summed E-state index contributed by atoms with van der Waals surface area (Å²) in [5.41, 5.74) is 4.53. The Bertz CT molecular complexity index is 1950. The predicted octanol–water partition coefficient (Wildman–Crippen LogP) is 8.27. The van der Waals surface area contributed by atoms with Gasteiger partial charge in [-0.05, 0) is 112 Å². The molecular weight excluding hydrogens is 704 g/mol. The number of hydrogen-bond donors (Lipinski definition) is 0. The summed E-state index contributed by atoms with van der Waals surface area (Å²) < 4.78 is 46.6. The van der Waals surface area contributed by atoms with Crippen LogP contribution in [0.2, 0.25) is 0 Å². The van der Waals surface area contributed by atoms with Gasteiger partial charge in [-0.25, -0.2) is 9.59 Å². The van der Waals surface area contributed by atoms with E-state index >= 15 is 0 Å². The maximum absolute atomic E-state index is 12.3. The average Bonchev–Trinajstić information content (AvgIpc) is 3.18. The maximum atomic E-state index is 12.3. The second-order valence-electron chi connectivity index (χ2n) is 13.5. The lowest BCUT2D eigenvalue weighted by Gasteiger charge is -2.36. The molecule has 4 aromatic rings. The fourth-order valence-electron chi connectivity index (χ4n) is 6.54. The fourth-order valence-corrected chi connectivity index (χ4v) is 6.54. The van der Waals surface area contributed by atoms with Gasteiger partial charge in [0.25, 0.3) is 0 Å². The first kappa shape index (κ1) is 40.6. The SMILES string of the molecule is CCOC(=O)N(C)CCc1ccc(Oc2c(OC)c(OC)cc3c2[C@H](Cc2ccc(Oc4cc(C(=O)OC)ccc4OC(C)C)cc2)N(C)CC3)c(OC)c1. The molecule has 0 radical (unpaired) electrons. The van der Waals surface area contributed by atoms with Crippen molar-refractivity contribution in [2.75, 3.05) is 62.2 Å². The summed E-state index contributed by atoms with van der Waals surface area (Å²) in [6.45, 7) is 7.29. The van der Waals surface area contributed by atoms with Crippen LogP contribution < -0.4 is 28.4 Å². The monoisotopic (exact) mass is 756 g/mol. The molecule has 0 fully saturated rings. The van der Waals surface area contributed by atoms with Crippen molar-refractivity contribution >= 4 is 12.1 Å². The molecule has 0 N–H and O–H groups in total. The Morgan fingerprint density at radius 3 is 2.16 bits per heavy atom. The van der Waals surface area contributed by atoms with Crippen LogP contribution in [0.15, 0.2) is 66.7 Å². The third kappa shape index (κ3) is 9.74. The molecule has 1 amide bonds. The molecule has 12 nitrogen and oxygen atoms in total. The van der Waals surface area contributed by atoms with Crippen molar-refractivity contribution in [1.82, 2.24) is 9.80 Å².